The lowest BCUT2D eigenvalue weighted by Gasteiger charge is -2.22. The lowest BCUT2D eigenvalue weighted by molar-refractivity contribution is -0.140. The highest BCUT2D eigenvalue weighted by molar-refractivity contribution is 6.16. The highest BCUT2D eigenvalue weighted by atomic mass is 16.7. The molecule has 0 radical (unpaired) electrons. The molecule has 1 aromatic heterocycles. The fourth-order valence-corrected chi connectivity index (χ4v) is 5.78. The molecule has 0 N–H and O–H groups in total. The van der Waals surface area contributed by atoms with E-state index < -0.39 is 5.97 Å². The molecule has 5 nitrogen and oxygen atoms in total. The van der Waals surface area contributed by atoms with Crippen LogP contribution in [0.2, 0.25) is 0 Å². The van der Waals surface area contributed by atoms with E-state index in [1.165, 1.54) is 44.6 Å². The molecule has 4 aromatic rings. The quantitative estimate of drug-likeness (QED) is 0.119. The standard InChI is InChI=1S/C32H34N2O3/c1-5-34-30-15-12-24(21(3)33-37-22(4)35)18-28(30)29-19-26(13-16-31(29)34)32(36)27-14-11-25(17-20(27)2)23-9-7-6-8-10-23/h11-19,23H,5-10H2,1-4H3/b33-21+. The van der Waals surface area contributed by atoms with E-state index in [1.807, 2.05) is 31.2 Å². The number of carbonyl (C=O) groups excluding carboxylic acids is 2. The SMILES string of the molecule is CCn1c2ccc(C(=O)c3ccc(C4CCCCC4)cc3C)cc2c2cc(/C(C)=N/OC(C)=O)ccc21. The van der Waals surface area contributed by atoms with Crippen molar-refractivity contribution in [2.75, 3.05) is 0 Å². The Morgan fingerprint density at radius 2 is 1.54 bits per heavy atom. The van der Waals surface area contributed by atoms with Gasteiger partial charge in [-0.1, -0.05) is 48.7 Å². The monoisotopic (exact) mass is 494 g/mol. The summed E-state index contributed by atoms with van der Waals surface area (Å²) in [5.74, 6) is 0.221. The van der Waals surface area contributed by atoms with Gasteiger partial charge in [0.2, 0.25) is 0 Å². The largest absolute Gasteiger partial charge is 0.341 e. The van der Waals surface area contributed by atoms with Gasteiger partial charge in [-0.3, -0.25) is 4.79 Å². The van der Waals surface area contributed by atoms with Crippen molar-refractivity contribution in [1.29, 1.82) is 0 Å². The molecule has 3 aromatic carbocycles. The van der Waals surface area contributed by atoms with Crippen LogP contribution in [-0.2, 0) is 16.2 Å². The maximum atomic E-state index is 13.7. The highest BCUT2D eigenvalue weighted by Crippen LogP contribution is 2.35. The van der Waals surface area contributed by atoms with Gasteiger partial charge in [-0.05, 0) is 86.6 Å². The van der Waals surface area contributed by atoms with Gasteiger partial charge in [-0.2, -0.15) is 0 Å². The van der Waals surface area contributed by atoms with Crippen molar-refractivity contribution in [2.24, 2.45) is 5.16 Å². The summed E-state index contributed by atoms with van der Waals surface area (Å²) in [4.78, 5) is 29.7. The van der Waals surface area contributed by atoms with Crippen molar-refractivity contribution in [3.05, 3.63) is 82.4 Å². The van der Waals surface area contributed by atoms with Crippen LogP contribution >= 0.6 is 0 Å². The number of aryl methyl sites for hydroxylation is 2. The summed E-state index contributed by atoms with van der Waals surface area (Å²) >= 11 is 0. The van der Waals surface area contributed by atoms with Crippen molar-refractivity contribution >= 4 is 39.3 Å². The van der Waals surface area contributed by atoms with Crippen LogP contribution in [0.1, 0.15) is 91.4 Å². The molecule has 0 atom stereocenters. The minimum absolute atomic E-state index is 0.0516. The number of ketones is 1. The second-order valence-corrected chi connectivity index (χ2v) is 10.2. The molecule has 0 unspecified atom stereocenters. The molecule has 0 bridgehead atoms. The Hall–Kier alpha value is -3.73. The summed E-state index contributed by atoms with van der Waals surface area (Å²) in [5, 5.41) is 6.03. The fraction of sp³-hybridized carbons (Fsp3) is 0.344. The van der Waals surface area contributed by atoms with Gasteiger partial charge in [0.05, 0.1) is 5.71 Å². The second-order valence-electron chi connectivity index (χ2n) is 10.2. The topological polar surface area (TPSA) is 60.7 Å². The van der Waals surface area contributed by atoms with E-state index in [2.05, 4.69) is 53.9 Å². The second kappa shape index (κ2) is 10.3. The Bertz CT molecular complexity index is 1540. The number of hydrogen-bond acceptors (Lipinski definition) is 4. The molecule has 5 heteroatoms. The summed E-state index contributed by atoms with van der Waals surface area (Å²) < 4.78 is 2.26. The van der Waals surface area contributed by atoms with Crippen molar-refractivity contribution in [1.82, 2.24) is 4.57 Å². The van der Waals surface area contributed by atoms with Gasteiger partial charge in [0.15, 0.2) is 5.78 Å². The molecule has 1 saturated carbocycles. The average molecular weight is 495 g/mol. The van der Waals surface area contributed by atoms with Crippen molar-refractivity contribution in [2.45, 2.75) is 72.3 Å². The van der Waals surface area contributed by atoms with Crippen LogP contribution in [0.15, 0.2) is 59.8 Å². The summed E-state index contributed by atoms with van der Waals surface area (Å²) in [6, 6.07) is 18.5. The molecule has 0 spiro atoms. The van der Waals surface area contributed by atoms with E-state index in [0.717, 1.165) is 45.0 Å². The zero-order valence-electron chi connectivity index (χ0n) is 22.1. The predicted molar refractivity (Wildman–Crippen MR) is 150 cm³/mol. The molecule has 1 aliphatic rings. The van der Waals surface area contributed by atoms with Crippen LogP contribution in [0, 0.1) is 6.92 Å². The smallest absolute Gasteiger partial charge is 0.331 e. The normalized spacial score (nSPS) is 14.9. The number of aromatic nitrogens is 1. The third kappa shape index (κ3) is 4.83. The number of oxime groups is 1. The molecule has 0 saturated heterocycles. The number of fused-ring (bicyclic) bond motifs is 3. The van der Waals surface area contributed by atoms with Crippen molar-refractivity contribution < 1.29 is 14.4 Å². The van der Waals surface area contributed by atoms with Crippen LogP contribution < -0.4 is 0 Å². The van der Waals surface area contributed by atoms with Crippen LogP contribution in [-0.4, -0.2) is 22.0 Å². The van der Waals surface area contributed by atoms with Gasteiger partial charge in [0.25, 0.3) is 0 Å². The van der Waals surface area contributed by atoms with E-state index in [4.69, 9.17) is 4.84 Å². The molecule has 1 heterocycles. The zero-order valence-corrected chi connectivity index (χ0v) is 22.1. The van der Waals surface area contributed by atoms with E-state index in [-0.39, 0.29) is 5.78 Å². The Morgan fingerprint density at radius 1 is 0.892 bits per heavy atom. The highest BCUT2D eigenvalue weighted by Gasteiger charge is 2.19. The number of rotatable bonds is 6. The molecular weight excluding hydrogens is 460 g/mol. The van der Waals surface area contributed by atoms with Gasteiger partial charge < -0.3 is 9.40 Å². The van der Waals surface area contributed by atoms with Gasteiger partial charge in [0.1, 0.15) is 0 Å². The average Bonchev–Trinajstić information content (AvgIpc) is 3.23. The first-order valence-corrected chi connectivity index (χ1v) is 13.3. The third-order valence-corrected chi connectivity index (χ3v) is 7.74. The van der Waals surface area contributed by atoms with Crippen LogP contribution in [0.25, 0.3) is 21.8 Å². The van der Waals surface area contributed by atoms with E-state index >= 15 is 0 Å². The van der Waals surface area contributed by atoms with E-state index in [0.29, 0.717) is 17.2 Å². The molecule has 190 valence electrons. The minimum Gasteiger partial charge on any atom is -0.341 e. The van der Waals surface area contributed by atoms with Gasteiger partial charge in [0, 0.05) is 46.4 Å². The molecule has 37 heavy (non-hydrogen) atoms. The Morgan fingerprint density at radius 3 is 2.16 bits per heavy atom. The van der Waals surface area contributed by atoms with E-state index in [1.54, 1.807) is 0 Å². The maximum Gasteiger partial charge on any atom is 0.331 e. The molecule has 0 aliphatic heterocycles. The van der Waals surface area contributed by atoms with Gasteiger partial charge in [-0.25, -0.2) is 4.79 Å². The molecule has 0 amide bonds. The Labute approximate surface area is 218 Å². The third-order valence-electron chi connectivity index (χ3n) is 7.74. The zero-order chi connectivity index (χ0) is 26.1. The van der Waals surface area contributed by atoms with Gasteiger partial charge >= 0.3 is 5.97 Å². The fourth-order valence-electron chi connectivity index (χ4n) is 5.78. The summed E-state index contributed by atoms with van der Waals surface area (Å²) in [5.41, 5.74) is 7.54. The lowest BCUT2D eigenvalue weighted by Crippen LogP contribution is -2.08. The number of hydrogen-bond donors (Lipinski definition) is 0. The van der Waals surface area contributed by atoms with Crippen LogP contribution in [0.4, 0.5) is 0 Å². The molecular formula is C32H34N2O3. The van der Waals surface area contributed by atoms with Gasteiger partial charge in [-0.15, -0.1) is 0 Å². The Kier molecular flexibility index (Phi) is 6.96. The molecule has 1 aliphatic carbocycles. The maximum absolute atomic E-state index is 13.7. The number of nitrogens with zero attached hydrogens (tertiary/aromatic N) is 2. The summed E-state index contributed by atoms with van der Waals surface area (Å²) in [7, 11) is 0. The summed E-state index contributed by atoms with van der Waals surface area (Å²) in [6.45, 7) is 8.14. The first-order valence-electron chi connectivity index (χ1n) is 13.3. The number of carbonyl (C=O) groups is 2. The van der Waals surface area contributed by atoms with Crippen molar-refractivity contribution in [3.63, 3.8) is 0 Å². The summed E-state index contributed by atoms with van der Waals surface area (Å²) in [6.07, 6.45) is 6.43. The van der Waals surface area contributed by atoms with Crippen LogP contribution in [0.5, 0.6) is 0 Å². The molecule has 5 rings (SSSR count). The molecule has 1 fully saturated rings. The minimum atomic E-state index is -0.451. The first kappa shape index (κ1) is 24.9. The lowest BCUT2D eigenvalue weighted by atomic mass is 9.83. The predicted octanol–water partition coefficient (Wildman–Crippen LogP) is 7.69. The first-order chi connectivity index (χ1) is 17.9. The Balaban J connectivity index is 1.54. The van der Waals surface area contributed by atoms with E-state index in [9.17, 15) is 9.59 Å². The van der Waals surface area contributed by atoms with Crippen molar-refractivity contribution in [3.8, 4) is 0 Å². The van der Waals surface area contributed by atoms with Crippen LogP contribution in [0.3, 0.4) is 0 Å². The number of benzene rings is 3.